The molecule has 5 heteroatoms. The van der Waals surface area contributed by atoms with Gasteiger partial charge in [-0.15, -0.1) is 0 Å². The third-order valence-electron chi connectivity index (χ3n) is 11.2. The summed E-state index contributed by atoms with van der Waals surface area (Å²) in [5.41, 5.74) is 10.2. The molecule has 4 aliphatic carbocycles. The van der Waals surface area contributed by atoms with Gasteiger partial charge in [0.25, 0.3) is 0 Å². The molecular weight excluding hydrogens is 472 g/mol. The summed E-state index contributed by atoms with van der Waals surface area (Å²) < 4.78 is 7.29. The van der Waals surface area contributed by atoms with Crippen LogP contribution >= 0.6 is 0 Å². The molecule has 38 heavy (non-hydrogen) atoms. The van der Waals surface area contributed by atoms with E-state index in [0.717, 1.165) is 57.2 Å². The van der Waals surface area contributed by atoms with Crippen LogP contribution in [0.5, 0.6) is 5.75 Å². The molecule has 5 N–H and O–H groups in total. The Labute approximate surface area is 229 Å². The zero-order valence-electron chi connectivity index (χ0n) is 23.7. The smallest absolute Gasteiger partial charge is 0.116 e. The number of aliphatic hydroxyl groups is 1. The van der Waals surface area contributed by atoms with Gasteiger partial charge in [0, 0.05) is 36.9 Å². The number of rotatable bonds is 5. The van der Waals surface area contributed by atoms with Gasteiger partial charge in [-0.25, -0.2) is 0 Å². The zero-order chi connectivity index (χ0) is 26.7. The van der Waals surface area contributed by atoms with Crippen LogP contribution < -0.4 is 11.1 Å². The number of nitrogens with one attached hydrogen (secondary N) is 1. The van der Waals surface area contributed by atoms with Crippen molar-refractivity contribution in [3.8, 4) is 17.6 Å². The molecule has 208 valence electrons. The summed E-state index contributed by atoms with van der Waals surface area (Å²) in [4.78, 5) is 0. The van der Waals surface area contributed by atoms with Gasteiger partial charge in [0.1, 0.15) is 5.75 Å². The highest BCUT2D eigenvalue weighted by Gasteiger charge is 2.74. The normalized spacial score (nSPS) is 40.8. The second kappa shape index (κ2) is 9.81. The van der Waals surface area contributed by atoms with E-state index < -0.39 is 5.54 Å². The molecule has 7 rings (SSSR count). The Hall–Kier alpha value is -1.58. The Kier molecular flexibility index (Phi) is 6.87. The predicted molar refractivity (Wildman–Crippen MR) is 150 cm³/mol. The van der Waals surface area contributed by atoms with Crippen molar-refractivity contribution in [3.05, 3.63) is 28.8 Å². The maximum Gasteiger partial charge on any atom is 0.116 e. The maximum atomic E-state index is 10.7. The van der Waals surface area contributed by atoms with E-state index in [1.54, 1.807) is 0 Å². The molecule has 2 saturated heterocycles. The average molecular weight is 521 g/mol. The van der Waals surface area contributed by atoms with E-state index in [-0.39, 0.29) is 35.6 Å². The van der Waals surface area contributed by atoms with Crippen LogP contribution in [0.3, 0.4) is 0 Å². The third kappa shape index (κ3) is 4.05. The molecule has 1 aromatic carbocycles. The molecule has 1 aromatic rings. The lowest BCUT2D eigenvalue weighted by atomic mass is 9.40. The minimum Gasteiger partial charge on any atom is -0.508 e. The SMILES string of the molecule is CCCNCc1cc(O)cc2c1C[C@@H]1CCC[C@H](C1)[C@]13C[C@H]4CC[C@@H](CO)[C@](N)(C1C#CC2)[C@@H]4C(C)(C)O3. The summed E-state index contributed by atoms with van der Waals surface area (Å²) in [6.45, 7) is 8.59. The standard InChI is InChI=1S/C33H48N2O3/c1-4-13-35-19-24-17-27(37)16-22-8-6-10-29-32(25-9-5-7-21(14-25)15-28(22)24)18-23-11-12-26(20-36)33(29,34)30(23)31(2,3)38-32/h16-17,21,23,25-26,29-30,35-37H,4-5,7-9,11-15,18-20,34H2,1-3H3/t21-,23-,25-,26+,29?,30+,32-,33+/m1/s1. The fourth-order valence-electron chi connectivity index (χ4n) is 10.1. The van der Waals surface area contributed by atoms with Crippen molar-refractivity contribution < 1.29 is 14.9 Å². The lowest BCUT2D eigenvalue weighted by molar-refractivity contribution is -0.339. The Morgan fingerprint density at radius 1 is 1.18 bits per heavy atom. The molecule has 6 bridgehead atoms. The van der Waals surface area contributed by atoms with E-state index in [1.165, 1.54) is 30.4 Å². The van der Waals surface area contributed by atoms with Gasteiger partial charge in [0.05, 0.1) is 17.1 Å². The first-order chi connectivity index (χ1) is 18.2. The van der Waals surface area contributed by atoms with Crippen molar-refractivity contribution in [3.63, 3.8) is 0 Å². The summed E-state index contributed by atoms with van der Waals surface area (Å²) in [6.07, 6.45) is 10.7. The van der Waals surface area contributed by atoms with Crippen molar-refractivity contribution in [1.82, 2.24) is 5.32 Å². The van der Waals surface area contributed by atoms with Gasteiger partial charge in [-0.2, -0.15) is 0 Å². The molecule has 0 amide bonds. The number of nitrogens with two attached hydrogens (primary N) is 1. The molecule has 5 fully saturated rings. The molecule has 0 radical (unpaired) electrons. The van der Waals surface area contributed by atoms with Gasteiger partial charge in [0.2, 0.25) is 0 Å². The van der Waals surface area contributed by atoms with Gasteiger partial charge in [-0.3, -0.25) is 0 Å². The van der Waals surface area contributed by atoms with Crippen LogP contribution in [0.4, 0.5) is 0 Å². The fourth-order valence-corrected chi connectivity index (χ4v) is 10.1. The number of hydrogen-bond donors (Lipinski definition) is 4. The molecule has 8 atom stereocenters. The van der Waals surface area contributed by atoms with Crippen LogP contribution in [0.25, 0.3) is 0 Å². The minimum atomic E-state index is -0.539. The Balaban J connectivity index is 1.47. The number of fused-ring (bicyclic) bond motifs is 4. The lowest BCUT2D eigenvalue weighted by Crippen LogP contribution is -2.82. The van der Waals surface area contributed by atoms with E-state index in [0.29, 0.717) is 29.9 Å². The number of benzene rings is 1. The Morgan fingerprint density at radius 2 is 2.03 bits per heavy atom. The van der Waals surface area contributed by atoms with Crippen LogP contribution in [-0.4, -0.2) is 40.1 Å². The highest BCUT2D eigenvalue weighted by atomic mass is 16.5. The number of hydrogen-bond acceptors (Lipinski definition) is 5. The highest BCUT2D eigenvalue weighted by molar-refractivity contribution is 5.45. The second-order valence-corrected chi connectivity index (χ2v) is 13.8. The van der Waals surface area contributed by atoms with Crippen molar-refractivity contribution in [2.45, 2.75) is 108 Å². The first-order valence-electron chi connectivity index (χ1n) is 15.4. The van der Waals surface area contributed by atoms with E-state index in [1.807, 2.05) is 12.1 Å². The number of phenols is 1. The predicted octanol–water partition coefficient (Wildman–Crippen LogP) is 4.70. The summed E-state index contributed by atoms with van der Waals surface area (Å²) in [7, 11) is 0. The van der Waals surface area contributed by atoms with Crippen LogP contribution in [-0.2, 0) is 24.1 Å². The van der Waals surface area contributed by atoms with Crippen molar-refractivity contribution in [1.29, 1.82) is 0 Å². The number of aromatic hydroxyl groups is 1. The largest absolute Gasteiger partial charge is 0.508 e. The molecule has 6 aliphatic rings. The van der Waals surface area contributed by atoms with Gasteiger partial charge >= 0.3 is 0 Å². The van der Waals surface area contributed by atoms with Crippen LogP contribution in [0.15, 0.2) is 12.1 Å². The van der Waals surface area contributed by atoms with Crippen LogP contribution in [0.1, 0.15) is 88.8 Å². The molecule has 1 unspecified atom stereocenters. The summed E-state index contributed by atoms with van der Waals surface area (Å²) in [6, 6.07) is 3.91. The first kappa shape index (κ1) is 26.6. The lowest BCUT2D eigenvalue weighted by Gasteiger charge is -2.73. The van der Waals surface area contributed by atoms with E-state index in [2.05, 4.69) is 37.9 Å². The molecular formula is C33H48N2O3. The minimum absolute atomic E-state index is 0.0583. The summed E-state index contributed by atoms with van der Waals surface area (Å²) >= 11 is 0. The Bertz CT molecular complexity index is 1120. The van der Waals surface area contributed by atoms with Crippen molar-refractivity contribution in [2.24, 2.45) is 41.2 Å². The monoisotopic (exact) mass is 520 g/mol. The number of aliphatic hydroxyl groups excluding tert-OH is 1. The van der Waals surface area contributed by atoms with Gasteiger partial charge in [0.15, 0.2) is 0 Å². The molecule has 2 aliphatic heterocycles. The van der Waals surface area contributed by atoms with Crippen LogP contribution in [0, 0.1) is 47.3 Å². The van der Waals surface area contributed by atoms with Gasteiger partial charge < -0.3 is 26.0 Å². The van der Waals surface area contributed by atoms with Crippen molar-refractivity contribution >= 4 is 0 Å². The molecule has 3 saturated carbocycles. The second-order valence-electron chi connectivity index (χ2n) is 13.8. The highest BCUT2D eigenvalue weighted by Crippen LogP contribution is 2.67. The van der Waals surface area contributed by atoms with Crippen molar-refractivity contribution in [2.75, 3.05) is 13.2 Å². The van der Waals surface area contributed by atoms with E-state index in [4.69, 9.17) is 10.5 Å². The quantitative estimate of drug-likeness (QED) is 0.334. The average Bonchev–Trinajstić information content (AvgIpc) is 2.88. The van der Waals surface area contributed by atoms with E-state index >= 15 is 0 Å². The topological polar surface area (TPSA) is 87.7 Å². The third-order valence-corrected chi connectivity index (χ3v) is 11.2. The first-order valence-corrected chi connectivity index (χ1v) is 15.4. The molecule has 0 aromatic heterocycles. The zero-order valence-corrected chi connectivity index (χ0v) is 23.7. The van der Waals surface area contributed by atoms with Gasteiger partial charge in [-0.1, -0.05) is 31.6 Å². The molecule has 2 heterocycles. The summed E-state index contributed by atoms with van der Waals surface area (Å²) in [5, 5.41) is 24.8. The fraction of sp³-hybridized carbons (Fsp3) is 0.758. The molecule has 5 nitrogen and oxygen atoms in total. The summed E-state index contributed by atoms with van der Waals surface area (Å²) in [5.74, 6) is 9.45. The molecule has 1 spiro atoms. The van der Waals surface area contributed by atoms with E-state index in [9.17, 15) is 10.2 Å². The Morgan fingerprint density at radius 3 is 2.82 bits per heavy atom. The van der Waals surface area contributed by atoms with Crippen LogP contribution in [0.2, 0.25) is 0 Å². The number of ether oxygens (including phenoxy) is 1. The number of phenolic OH excluding ortho intramolecular Hbond substituents is 1. The van der Waals surface area contributed by atoms with Gasteiger partial charge in [-0.05, 0) is 112 Å². The maximum absolute atomic E-state index is 10.7.